The fourth-order valence-electron chi connectivity index (χ4n) is 3.63. The fourth-order valence-corrected chi connectivity index (χ4v) is 3.87. The highest BCUT2D eigenvalue weighted by Gasteiger charge is 2.22. The van der Waals surface area contributed by atoms with Gasteiger partial charge in [-0.1, -0.05) is 25.5 Å². The summed E-state index contributed by atoms with van der Waals surface area (Å²) in [7, 11) is 0. The van der Waals surface area contributed by atoms with Gasteiger partial charge in [-0.05, 0) is 67.9 Å². The van der Waals surface area contributed by atoms with E-state index in [2.05, 4.69) is 41.2 Å². The molecule has 3 rings (SSSR count). The molecule has 28 heavy (non-hydrogen) atoms. The Kier molecular flexibility index (Phi) is 7.08. The molecule has 1 aliphatic rings. The Morgan fingerprint density at radius 3 is 2.93 bits per heavy atom. The molecule has 1 aliphatic heterocycles. The van der Waals surface area contributed by atoms with Crippen LogP contribution >= 0.6 is 12.2 Å². The number of aromatic nitrogens is 1. The summed E-state index contributed by atoms with van der Waals surface area (Å²) in [4.78, 5) is 17.9. The van der Waals surface area contributed by atoms with E-state index in [9.17, 15) is 4.79 Å². The lowest BCUT2D eigenvalue weighted by Crippen LogP contribution is -2.44. The van der Waals surface area contributed by atoms with Crippen LogP contribution in [0.25, 0.3) is 10.9 Å². The van der Waals surface area contributed by atoms with Crippen molar-refractivity contribution < 1.29 is 4.74 Å². The number of pyridine rings is 1. The van der Waals surface area contributed by atoms with E-state index in [0.717, 1.165) is 60.9 Å². The highest BCUT2D eigenvalue weighted by molar-refractivity contribution is 7.80. The standard InChI is InChI=1S/C22H31N3O2S/c1-4-5-10-23-22(28)25(14-19-7-6-11-27-19)13-18-12-17-9-8-15(2)16(3)20(17)24-21(18)26/h8-9,12,19H,4-7,10-11,13-14H2,1-3H3,(H,23,28)(H,24,26)/t19-/m1/s1. The second-order valence-corrected chi connectivity index (χ2v) is 8.08. The summed E-state index contributed by atoms with van der Waals surface area (Å²) in [6.45, 7) is 9.12. The second-order valence-electron chi connectivity index (χ2n) is 7.70. The van der Waals surface area contributed by atoms with Crippen LogP contribution in [-0.4, -0.2) is 40.8 Å². The average Bonchev–Trinajstić information content (AvgIpc) is 3.19. The summed E-state index contributed by atoms with van der Waals surface area (Å²) >= 11 is 5.65. The molecule has 1 aromatic carbocycles. The van der Waals surface area contributed by atoms with Crippen molar-refractivity contribution in [3.8, 4) is 0 Å². The first-order chi connectivity index (χ1) is 13.5. The van der Waals surface area contributed by atoms with Crippen LogP contribution in [-0.2, 0) is 11.3 Å². The van der Waals surface area contributed by atoms with Crippen LogP contribution < -0.4 is 10.9 Å². The van der Waals surface area contributed by atoms with Gasteiger partial charge in [0, 0.05) is 25.3 Å². The van der Waals surface area contributed by atoms with Crippen molar-refractivity contribution in [1.29, 1.82) is 0 Å². The minimum Gasteiger partial charge on any atom is -0.376 e. The van der Waals surface area contributed by atoms with E-state index < -0.39 is 0 Å². The lowest BCUT2D eigenvalue weighted by molar-refractivity contribution is 0.0897. The number of thiocarbonyl (C=S) groups is 1. The molecule has 0 bridgehead atoms. The van der Waals surface area contributed by atoms with E-state index in [0.29, 0.717) is 18.2 Å². The maximum absolute atomic E-state index is 12.8. The maximum atomic E-state index is 12.8. The van der Waals surface area contributed by atoms with Crippen LogP contribution in [0.15, 0.2) is 23.0 Å². The third-order valence-corrected chi connectivity index (χ3v) is 5.93. The molecule has 1 saturated heterocycles. The molecule has 2 N–H and O–H groups in total. The van der Waals surface area contributed by atoms with Crippen molar-refractivity contribution in [3.63, 3.8) is 0 Å². The van der Waals surface area contributed by atoms with Crippen LogP contribution in [0.4, 0.5) is 0 Å². The summed E-state index contributed by atoms with van der Waals surface area (Å²) in [5.74, 6) is 0. The number of hydrogen-bond acceptors (Lipinski definition) is 3. The molecule has 1 aromatic heterocycles. The highest BCUT2D eigenvalue weighted by Crippen LogP contribution is 2.20. The molecule has 2 aromatic rings. The number of benzene rings is 1. The molecule has 5 nitrogen and oxygen atoms in total. The monoisotopic (exact) mass is 401 g/mol. The minimum absolute atomic E-state index is 0.0464. The van der Waals surface area contributed by atoms with Gasteiger partial charge in [-0.15, -0.1) is 0 Å². The van der Waals surface area contributed by atoms with Gasteiger partial charge in [0.15, 0.2) is 5.11 Å². The molecule has 1 atom stereocenters. The summed E-state index contributed by atoms with van der Waals surface area (Å²) in [5, 5.41) is 5.09. The van der Waals surface area contributed by atoms with Crippen LogP contribution in [0.5, 0.6) is 0 Å². The molecule has 0 unspecified atom stereocenters. The number of nitrogens with zero attached hydrogens (tertiary/aromatic N) is 1. The predicted octanol–water partition coefficient (Wildman–Crippen LogP) is 3.80. The van der Waals surface area contributed by atoms with Gasteiger partial charge in [-0.25, -0.2) is 0 Å². The molecular weight excluding hydrogens is 370 g/mol. The quantitative estimate of drug-likeness (QED) is 0.546. The van der Waals surface area contributed by atoms with Crippen LogP contribution in [0, 0.1) is 13.8 Å². The van der Waals surface area contributed by atoms with Crippen molar-refractivity contribution in [1.82, 2.24) is 15.2 Å². The lowest BCUT2D eigenvalue weighted by atomic mass is 10.0. The number of unbranched alkanes of at least 4 members (excludes halogenated alkanes) is 1. The normalized spacial score (nSPS) is 16.5. The predicted molar refractivity (Wildman–Crippen MR) is 119 cm³/mol. The van der Waals surface area contributed by atoms with Gasteiger partial charge >= 0.3 is 0 Å². The Bertz CT molecular complexity index is 887. The van der Waals surface area contributed by atoms with Gasteiger partial charge in [0.2, 0.25) is 0 Å². The smallest absolute Gasteiger partial charge is 0.253 e. The Morgan fingerprint density at radius 2 is 2.21 bits per heavy atom. The zero-order chi connectivity index (χ0) is 20.1. The van der Waals surface area contributed by atoms with Crippen molar-refractivity contribution in [3.05, 3.63) is 45.2 Å². The third-order valence-electron chi connectivity index (χ3n) is 5.53. The molecular formula is C22H31N3O2S. The van der Waals surface area contributed by atoms with Crippen molar-refractivity contribution in [2.24, 2.45) is 0 Å². The molecule has 2 heterocycles. The zero-order valence-electron chi connectivity index (χ0n) is 17.1. The first-order valence-corrected chi connectivity index (χ1v) is 10.7. The van der Waals surface area contributed by atoms with E-state index in [-0.39, 0.29) is 11.7 Å². The number of H-pyrrole nitrogens is 1. The number of aromatic amines is 1. The summed E-state index contributed by atoms with van der Waals surface area (Å²) in [6, 6.07) is 6.16. The molecule has 0 aliphatic carbocycles. The largest absolute Gasteiger partial charge is 0.376 e. The van der Waals surface area contributed by atoms with Crippen LogP contribution in [0.1, 0.15) is 49.3 Å². The van der Waals surface area contributed by atoms with Gasteiger partial charge in [-0.3, -0.25) is 4.79 Å². The SMILES string of the molecule is CCCCNC(=S)N(Cc1cc2ccc(C)c(C)c2[nH]c1=O)C[C@H]1CCCO1. The molecule has 152 valence electrons. The zero-order valence-corrected chi connectivity index (χ0v) is 18.0. The average molecular weight is 402 g/mol. The summed E-state index contributed by atoms with van der Waals surface area (Å²) < 4.78 is 5.81. The van der Waals surface area contributed by atoms with Gasteiger partial charge < -0.3 is 19.9 Å². The number of nitrogens with one attached hydrogen (secondary N) is 2. The Labute approximate surface area is 172 Å². The first-order valence-electron chi connectivity index (χ1n) is 10.3. The van der Waals surface area contributed by atoms with E-state index in [1.165, 1.54) is 5.56 Å². The topological polar surface area (TPSA) is 57.4 Å². The van der Waals surface area contributed by atoms with Gasteiger partial charge in [-0.2, -0.15) is 0 Å². The lowest BCUT2D eigenvalue weighted by Gasteiger charge is -2.28. The third kappa shape index (κ3) is 4.92. The number of aryl methyl sites for hydroxylation is 2. The summed E-state index contributed by atoms with van der Waals surface area (Å²) in [5.41, 5.74) is 3.90. The maximum Gasteiger partial charge on any atom is 0.253 e. The van der Waals surface area contributed by atoms with E-state index in [1.54, 1.807) is 0 Å². The molecule has 1 fully saturated rings. The van der Waals surface area contributed by atoms with Crippen molar-refractivity contribution >= 4 is 28.2 Å². The van der Waals surface area contributed by atoms with Crippen LogP contribution in [0.3, 0.4) is 0 Å². The number of hydrogen-bond donors (Lipinski definition) is 2. The number of fused-ring (bicyclic) bond motifs is 1. The second kappa shape index (κ2) is 9.52. The first kappa shape index (κ1) is 20.8. The highest BCUT2D eigenvalue weighted by atomic mass is 32.1. The Balaban J connectivity index is 1.84. The van der Waals surface area contributed by atoms with Crippen molar-refractivity contribution in [2.45, 2.75) is 59.1 Å². The molecule has 6 heteroatoms. The number of rotatable bonds is 7. The molecule has 0 radical (unpaired) electrons. The van der Waals surface area contributed by atoms with E-state index >= 15 is 0 Å². The molecule has 0 amide bonds. The Hall–Kier alpha value is -1.92. The Morgan fingerprint density at radius 1 is 1.39 bits per heavy atom. The molecule has 0 saturated carbocycles. The van der Waals surface area contributed by atoms with E-state index in [1.807, 2.05) is 13.0 Å². The van der Waals surface area contributed by atoms with Gasteiger partial charge in [0.25, 0.3) is 5.56 Å². The van der Waals surface area contributed by atoms with Gasteiger partial charge in [0.1, 0.15) is 0 Å². The fraction of sp³-hybridized carbons (Fsp3) is 0.545. The van der Waals surface area contributed by atoms with Gasteiger partial charge in [0.05, 0.1) is 18.2 Å². The minimum atomic E-state index is -0.0464. The number of ether oxygens (including phenoxy) is 1. The van der Waals surface area contributed by atoms with E-state index in [4.69, 9.17) is 17.0 Å². The van der Waals surface area contributed by atoms with Crippen LogP contribution in [0.2, 0.25) is 0 Å². The summed E-state index contributed by atoms with van der Waals surface area (Å²) in [6.07, 6.45) is 4.49. The molecule has 0 spiro atoms. The van der Waals surface area contributed by atoms with Crippen molar-refractivity contribution in [2.75, 3.05) is 19.7 Å².